The smallest absolute Gasteiger partial charge is 0.205 e. The summed E-state index contributed by atoms with van der Waals surface area (Å²) in [6.07, 6.45) is 1.04. The van der Waals surface area contributed by atoms with E-state index in [1.807, 2.05) is 30.3 Å². The van der Waals surface area contributed by atoms with Crippen molar-refractivity contribution in [2.45, 2.75) is 6.42 Å². The maximum atomic E-state index is 5.32. The average molecular weight is 411 g/mol. The van der Waals surface area contributed by atoms with Gasteiger partial charge in [-0.3, -0.25) is 4.90 Å². The van der Waals surface area contributed by atoms with Gasteiger partial charge in [-0.2, -0.15) is 9.36 Å². The molecule has 0 spiro atoms. The zero-order chi connectivity index (χ0) is 20.1. The fourth-order valence-electron chi connectivity index (χ4n) is 3.48. The van der Waals surface area contributed by atoms with E-state index in [1.54, 1.807) is 14.2 Å². The van der Waals surface area contributed by atoms with Gasteiger partial charge >= 0.3 is 0 Å². The van der Waals surface area contributed by atoms with Crippen molar-refractivity contribution < 1.29 is 9.47 Å². The van der Waals surface area contributed by atoms with Crippen molar-refractivity contribution in [2.24, 2.45) is 0 Å². The summed E-state index contributed by atoms with van der Waals surface area (Å²) in [4.78, 5) is 9.61. The van der Waals surface area contributed by atoms with E-state index in [-0.39, 0.29) is 0 Å². The van der Waals surface area contributed by atoms with E-state index in [9.17, 15) is 0 Å². The first-order valence-electron chi connectivity index (χ1n) is 9.83. The second kappa shape index (κ2) is 9.24. The number of rotatable bonds is 7. The van der Waals surface area contributed by atoms with Crippen molar-refractivity contribution in [2.75, 3.05) is 51.8 Å². The van der Waals surface area contributed by atoms with Gasteiger partial charge in [0.25, 0.3) is 0 Å². The van der Waals surface area contributed by atoms with E-state index in [0.29, 0.717) is 0 Å². The fourth-order valence-corrected chi connectivity index (χ4v) is 4.22. The molecule has 0 bridgehead atoms. The van der Waals surface area contributed by atoms with Crippen LogP contribution in [-0.2, 0) is 6.42 Å². The zero-order valence-corrected chi connectivity index (χ0v) is 17.7. The third-order valence-corrected chi connectivity index (χ3v) is 6.03. The molecule has 1 aliphatic heterocycles. The standard InChI is InChI=1S/C22H26N4O2S/c1-27-19-8-6-18(7-9-19)21-23-22(29-24-21)26-14-12-25(13-15-26)11-10-17-4-3-5-20(16-17)28-2/h3-9,16H,10-15H2,1-2H3. The average Bonchev–Trinajstić information content (AvgIpc) is 3.28. The molecule has 0 saturated carbocycles. The number of benzene rings is 2. The Morgan fingerprint density at radius 3 is 2.41 bits per heavy atom. The predicted octanol–water partition coefficient (Wildman–Crippen LogP) is 3.59. The van der Waals surface area contributed by atoms with Gasteiger partial charge in [-0.15, -0.1) is 0 Å². The highest BCUT2D eigenvalue weighted by molar-refractivity contribution is 7.09. The number of aromatic nitrogens is 2. The molecule has 6 nitrogen and oxygen atoms in total. The molecule has 1 aromatic heterocycles. The van der Waals surface area contributed by atoms with E-state index in [4.69, 9.17) is 14.5 Å². The normalized spacial score (nSPS) is 14.8. The van der Waals surface area contributed by atoms with Gasteiger partial charge in [-0.05, 0) is 48.4 Å². The first-order chi connectivity index (χ1) is 14.2. The van der Waals surface area contributed by atoms with Crippen LogP contribution in [0.25, 0.3) is 11.4 Å². The van der Waals surface area contributed by atoms with Crippen LogP contribution in [-0.4, -0.2) is 61.2 Å². The predicted molar refractivity (Wildman–Crippen MR) is 117 cm³/mol. The van der Waals surface area contributed by atoms with Crippen LogP contribution in [0.3, 0.4) is 0 Å². The number of nitrogens with zero attached hydrogens (tertiary/aromatic N) is 4. The Morgan fingerprint density at radius 1 is 0.931 bits per heavy atom. The molecule has 0 aliphatic carbocycles. The highest BCUT2D eigenvalue weighted by Gasteiger charge is 2.20. The topological polar surface area (TPSA) is 50.7 Å². The van der Waals surface area contributed by atoms with Crippen molar-refractivity contribution in [1.82, 2.24) is 14.3 Å². The number of piperazine rings is 1. The lowest BCUT2D eigenvalue weighted by molar-refractivity contribution is 0.261. The number of anilines is 1. The number of hydrogen-bond donors (Lipinski definition) is 0. The molecule has 0 N–H and O–H groups in total. The molecule has 152 valence electrons. The summed E-state index contributed by atoms with van der Waals surface area (Å²) in [7, 11) is 3.39. The second-order valence-corrected chi connectivity index (χ2v) is 7.79. The van der Waals surface area contributed by atoms with E-state index < -0.39 is 0 Å². The summed E-state index contributed by atoms with van der Waals surface area (Å²) >= 11 is 1.48. The van der Waals surface area contributed by atoms with Crippen LogP contribution in [0, 0.1) is 0 Å². The lowest BCUT2D eigenvalue weighted by Crippen LogP contribution is -2.47. The molecule has 7 heteroatoms. The Kier molecular flexibility index (Phi) is 6.27. The number of ether oxygens (including phenoxy) is 2. The van der Waals surface area contributed by atoms with E-state index in [1.165, 1.54) is 17.1 Å². The number of methoxy groups -OCH3 is 2. The summed E-state index contributed by atoms with van der Waals surface area (Å²) < 4.78 is 15.1. The maximum absolute atomic E-state index is 5.32. The van der Waals surface area contributed by atoms with Crippen molar-refractivity contribution in [1.29, 1.82) is 0 Å². The third kappa shape index (κ3) is 4.86. The Hall–Kier alpha value is -2.64. The minimum Gasteiger partial charge on any atom is -0.497 e. The minimum absolute atomic E-state index is 0.785. The fraction of sp³-hybridized carbons (Fsp3) is 0.364. The minimum atomic E-state index is 0.785. The van der Waals surface area contributed by atoms with E-state index in [2.05, 4.69) is 32.4 Å². The molecule has 0 radical (unpaired) electrons. The van der Waals surface area contributed by atoms with Crippen LogP contribution < -0.4 is 14.4 Å². The Balaban J connectivity index is 1.29. The molecule has 29 heavy (non-hydrogen) atoms. The van der Waals surface area contributed by atoms with E-state index >= 15 is 0 Å². The second-order valence-electron chi connectivity index (χ2n) is 7.06. The van der Waals surface area contributed by atoms with E-state index in [0.717, 1.165) is 67.2 Å². The molecule has 0 atom stereocenters. The van der Waals surface area contributed by atoms with Crippen LogP contribution in [0.5, 0.6) is 11.5 Å². The van der Waals surface area contributed by atoms with Crippen LogP contribution in [0.15, 0.2) is 48.5 Å². The molecule has 2 heterocycles. The highest BCUT2D eigenvalue weighted by atomic mass is 32.1. The first kappa shape index (κ1) is 19.7. The molecule has 1 saturated heterocycles. The molecule has 0 unspecified atom stereocenters. The number of hydrogen-bond acceptors (Lipinski definition) is 7. The lowest BCUT2D eigenvalue weighted by atomic mass is 10.1. The maximum Gasteiger partial charge on any atom is 0.205 e. The van der Waals surface area contributed by atoms with Gasteiger partial charge in [0, 0.05) is 49.8 Å². The van der Waals surface area contributed by atoms with Gasteiger partial charge in [0.05, 0.1) is 14.2 Å². The molecule has 2 aromatic carbocycles. The summed E-state index contributed by atoms with van der Waals surface area (Å²) in [6.45, 7) is 5.11. The van der Waals surface area contributed by atoms with Gasteiger partial charge in [0.2, 0.25) is 5.13 Å². The largest absolute Gasteiger partial charge is 0.497 e. The molecule has 3 aromatic rings. The van der Waals surface area contributed by atoms with Gasteiger partial charge in [-0.25, -0.2) is 0 Å². The molecule has 1 aliphatic rings. The zero-order valence-electron chi connectivity index (χ0n) is 16.9. The Labute approximate surface area is 175 Å². The van der Waals surface area contributed by atoms with Crippen LogP contribution in [0.2, 0.25) is 0 Å². The summed E-state index contributed by atoms with van der Waals surface area (Å²) in [5, 5.41) is 1.00. The molecule has 4 rings (SSSR count). The lowest BCUT2D eigenvalue weighted by Gasteiger charge is -2.34. The van der Waals surface area contributed by atoms with Gasteiger partial charge < -0.3 is 14.4 Å². The molecular weight excluding hydrogens is 384 g/mol. The van der Waals surface area contributed by atoms with Crippen LogP contribution in [0.1, 0.15) is 5.56 Å². The van der Waals surface area contributed by atoms with Crippen molar-refractivity contribution in [3.63, 3.8) is 0 Å². The van der Waals surface area contributed by atoms with Gasteiger partial charge in [-0.1, -0.05) is 12.1 Å². The van der Waals surface area contributed by atoms with Crippen molar-refractivity contribution in [3.8, 4) is 22.9 Å². The summed E-state index contributed by atoms with van der Waals surface area (Å²) in [5.74, 6) is 2.55. The van der Waals surface area contributed by atoms with Crippen LogP contribution in [0.4, 0.5) is 5.13 Å². The van der Waals surface area contributed by atoms with Crippen molar-refractivity contribution >= 4 is 16.7 Å². The summed E-state index contributed by atoms with van der Waals surface area (Å²) in [6, 6.07) is 16.2. The molecular formula is C22H26N4O2S. The Morgan fingerprint density at radius 2 is 1.69 bits per heavy atom. The monoisotopic (exact) mass is 410 g/mol. The molecule has 0 amide bonds. The SMILES string of the molecule is COc1ccc(-c2nsc(N3CCN(CCc4cccc(OC)c4)CC3)n2)cc1. The molecule has 1 fully saturated rings. The Bertz CT molecular complexity index is 921. The van der Waals surface area contributed by atoms with Gasteiger partial charge in [0.15, 0.2) is 5.82 Å². The highest BCUT2D eigenvalue weighted by Crippen LogP contribution is 2.26. The quantitative estimate of drug-likeness (QED) is 0.593. The van der Waals surface area contributed by atoms with Crippen LogP contribution >= 0.6 is 11.5 Å². The summed E-state index contributed by atoms with van der Waals surface area (Å²) in [5.41, 5.74) is 2.34. The first-order valence-corrected chi connectivity index (χ1v) is 10.6. The van der Waals surface area contributed by atoms with Gasteiger partial charge in [0.1, 0.15) is 11.5 Å². The van der Waals surface area contributed by atoms with Crippen molar-refractivity contribution in [3.05, 3.63) is 54.1 Å². The third-order valence-electron chi connectivity index (χ3n) is 5.26.